The Morgan fingerprint density at radius 3 is 2.71 bits per heavy atom. The molecule has 1 saturated heterocycles. The number of rotatable bonds is 7. The van der Waals surface area contributed by atoms with E-state index in [9.17, 15) is 22.8 Å². The minimum absolute atomic E-state index is 0.0605. The molecule has 202 valence electrons. The van der Waals surface area contributed by atoms with Crippen molar-refractivity contribution < 1.29 is 22.8 Å². The molecule has 2 unspecified atom stereocenters. The molecule has 12 heteroatoms. The molecule has 3 aromatic heterocycles. The van der Waals surface area contributed by atoms with E-state index in [1.54, 1.807) is 39.8 Å². The van der Waals surface area contributed by atoms with Crippen molar-refractivity contribution in [2.24, 2.45) is 22.7 Å². The van der Waals surface area contributed by atoms with E-state index in [-0.39, 0.29) is 42.7 Å². The maximum atomic E-state index is 13.2. The Morgan fingerprint density at radius 1 is 1.26 bits per heavy atom. The maximum Gasteiger partial charge on any atom is 0.393 e. The summed E-state index contributed by atoms with van der Waals surface area (Å²) in [5.41, 5.74) is 2.51. The summed E-state index contributed by atoms with van der Waals surface area (Å²) in [6.45, 7) is 4.37. The van der Waals surface area contributed by atoms with Crippen LogP contribution >= 0.6 is 0 Å². The molecular weight excluding hydrogens is 499 g/mol. The molecule has 4 heterocycles. The van der Waals surface area contributed by atoms with E-state index in [0.717, 1.165) is 19.3 Å². The number of aromatic nitrogens is 5. The standard InChI is InChI=1S/C26H30F3N7O2/c1-3-35-19(6-7-31-35)23(38)33-21(25-12-24(2,13-25)14-25)18-11-36-20(32-18)5-4-17(34-36)9-15-8-16(26(27,28)29)10-30-22(15)37/h4-7,11,15-16,21H,3,8-10,12-14H2,1-2H3,(H,30,37)(H,33,38)/t15?,16-,21?,24?,25?/m1/s1. The molecule has 0 spiro atoms. The number of carbonyl (C=O) groups is 2. The predicted octanol–water partition coefficient (Wildman–Crippen LogP) is 3.46. The van der Waals surface area contributed by atoms with Crippen molar-refractivity contribution in [3.63, 3.8) is 0 Å². The zero-order valence-corrected chi connectivity index (χ0v) is 21.3. The van der Waals surface area contributed by atoms with Gasteiger partial charge in [-0.25, -0.2) is 9.50 Å². The lowest BCUT2D eigenvalue weighted by Crippen LogP contribution is -2.65. The zero-order valence-electron chi connectivity index (χ0n) is 21.3. The lowest BCUT2D eigenvalue weighted by Gasteiger charge is -2.72. The molecule has 1 aliphatic heterocycles. The van der Waals surface area contributed by atoms with Gasteiger partial charge in [0.2, 0.25) is 5.91 Å². The Morgan fingerprint density at radius 2 is 2.03 bits per heavy atom. The van der Waals surface area contributed by atoms with Gasteiger partial charge >= 0.3 is 6.18 Å². The van der Waals surface area contributed by atoms with Crippen molar-refractivity contribution >= 4 is 17.5 Å². The maximum absolute atomic E-state index is 13.2. The number of nitrogens with one attached hydrogen (secondary N) is 2. The van der Waals surface area contributed by atoms with Crippen LogP contribution in [-0.2, 0) is 17.8 Å². The fourth-order valence-corrected chi connectivity index (χ4v) is 6.99. The van der Waals surface area contributed by atoms with Gasteiger partial charge in [-0.1, -0.05) is 6.92 Å². The number of aryl methyl sites for hydroxylation is 1. The fourth-order valence-electron chi connectivity index (χ4n) is 6.99. The number of hydrogen-bond donors (Lipinski definition) is 2. The van der Waals surface area contributed by atoms with Gasteiger partial charge in [-0.15, -0.1) is 0 Å². The highest BCUT2D eigenvalue weighted by molar-refractivity contribution is 5.92. The van der Waals surface area contributed by atoms with Crippen LogP contribution < -0.4 is 10.6 Å². The van der Waals surface area contributed by atoms with Crippen molar-refractivity contribution in [2.45, 2.75) is 64.7 Å². The van der Waals surface area contributed by atoms with Crippen LogP contribution in [0.4, 0.5) is 13.2 Å². The van der Waals surface area contributed by atoms with Crippen molar-refractivity contribution in [3.05, 3.63) is 47.7 Å². The minimum atomic E-state index is -4.35. The highest BCUT2D eigenvalue weighted by atomic mass is 19.4. The van der Waals surface area contributed by atoms with E-state index in [0.29, 0.717) is 34.7 Å². The Labute approximate surface area is 217 Å². The molecule has 3 atom stereocenters. The molecule has 3 saturated carbocycles. The molecule has 4 fully saturated rings. The van der Waals surface area contributed by atoms with Crippen molar-refractivity contribution in [1.29, 1.82) is 0 Å². The van der Waals surface area contributed by atoms with Crippen LogP contribution in [0.1, 0.15) is 67.4 Å². The molecule has 38 heavy (non-hydrogen) atoms. The van der Waals surface area contributed by atoms with Crippen molar-refractivity contribution in [3.8, 4) is 0 Å². The Balaban J connectivity index is 1.25. The molecule has 0 aromatic carbocycles. The van der Waals surface area contributed by atoms with Crippen LogP contribution in [0.5, 0.6) is 0 Å². The fraction of sp³-hybridized carbons (Fsp3) is 0.577. The largest absolute Gasteiger partial charge is 0.393 e. The van der Waals surface area contributed by atoms with E-state index in [2.05, 4.69) is 27.8 Å². The minimum Gasteiger partial charge on any atom is -0.355 e. The lowest BCUT2D eigenvalue weighted by molar-refractivity contribution is -0.210. The predicted molar refractivity (Wildman–Crippen MR) is 130 cm³/mol. The van der Waals surface area contributed by atoms with Gasteiger partial charge in [0, 0.05) is 31.6 Å². The Hall–Kier alpha value is -3.44. The second-order valence-electron chi connectivity index (χ2n) is 11.6. The lowest BCUT2D eigenvalue weighted by atomic mass is 9.33. The van der Waals surface area contributed by atoms with Crippen molar-refractivity contribution in [2.75, 3.05) is 6.54 Å². The topological polar surface area (TPSA) is 106 Å². The average molecular weight is 530 g/mol. The van der Waals surface area contributed by atoms with Crippen molar-refractivity contribution in [1.82, 2.24) is 35.0 Å². The number of halogens is 3. The first-order chi connectivity index (χ1) is 18.0. The first kappa shape index (κ1) is 24.9. The van der Waals surface area contributed by atoms with Gasteiger partial charge in [-0.2, -0.15) is 23.4 Å². The van der Waals surface area contributed by atoms with Crippen LogP contribution in [0.2, 0.25) is 0 Å². The third kappa shape index (κ3) is 4.14. The van der Waals surface area contributed by atoms with Gasteiger partial charge < -0.3 is 10.6 Å². The van der Waals surface area contributed by atoms with E-state index in [1.807, 2.05) is 6.92 Å². The first-order valence-electron chi connectivity index (χ1n) is 13.0. The van der Waals surface area contributed by atoms with Gasteiger partial charge in [0.25, 0.3) is 5.91 Å². The van der Waals surface area contributed by atoms with E-state index in [4.69, 9.17) is 4.98 Å². The van der Waals surface area contributed by atoms with Crippen LogP contribution in [0.15, 0.2) is 30.6 Å². The molecule has 2 bridgehead atoms. The number of fused-ring (bicyclic) bond motifs is 1. The number of carbonyl (C=O) groups excluding carboxylic acids is 2. The molecule has 7 rings (SSSR count). The third-order valence-electron chi connectivity index (χ3n) is 8.54. The Kier molecular flexibility index (Phi) is 5.59. The van der Waals surface area contributed by atoms with Gasteiger partial charge in [0.05, 0.1) is 29.5 Å². The van der Waals surface area contributed by atoms with Crippen LogP contribution in [0.3, 0.4) is 0 Å². The molecule has 2 amide bonds. The summed E-state index contributed by atoms with van der Waals surface area (Å²) in [6.07, 6.45) is 1.89. The number of hydrogen-bond acceptors (Lipinski definition) is 5. The highest BCUT2D eigenvalue weighted by Gasteiger charge is 2.68. The Bertz CT molecular complexity index is 1390. The highest BCUT2D eigenvalue weighted by Crippen LogP contribution is 2.77. The quantitative estimate of drug-likeness (QED) is 0.488. The van der Waals surface area contributed by atoms with E-state index in [1.165, 1.54) is 0 Å². The summed E-state index contributed by atoms with van der Waals surface area (Å²) in [5.74, 6) is -2.96. The van der Waals surface area contributed by atoms with Crippen LogP contribution in [0, 0.1) is 22.7 Å². The average Bonchev–Trinajstić information content (AvgIpc) is 3.47. The normalized spacial score (nSPS) is 29.3. The summed E-state index contributed by atoms with van der Waals surface area (Å²) >= 11 is 0. The summed E-state index contributed by atoms with van der Waals surface area (Å²) in [4.78, 5) is 30.3. The summed E-state index contributed by atoms with van der Waals surface area (Å²) in [7, 11) is 0. The van der Waals surface area contributed by atoms with Gasteiger partial charge in [-0.05, 0) is 61.6 Å². The third-order valence-corrected chi connectivity index (χ3v) is 8.54. The second kappa shape index (κ2) is 8.54. The summed E-state index contributed by atoms with van der Waals surface area (Å²) in [6, 6.07) is 4.84. The number of amides is 2. The van der Waals surface area contributed by atoms with E-state index < -0.39 is 18.0 Å². The first-order valence-corrected chi connectivity index (χ1v) is 13.0. The number of imidazole rings is 1. The molecule has 3 aliphatic carbocycles. The smallest absolute Gasteiger partial charge is 0.355 e. The number of nitrogens with zero attached hydrogens (tertiary/aromatic N) is 5. The molecular formula is C26H30F3N7O2. The SMILES string of the molecule is CCn1nccc1C(=O)NC(c1cn2nc(CC3C[C@@H](C(F)(F)F)CNC3=O)ccc2n1)C12CC(C)(C1)C2. The molecule has 9 nitrogen and oxygen atoms in total. The van der Waals surface area contributed by atoms with Crippen LogP contribution in [-0.4, -0.2) is 48.9 Å². The zero-order chi connectivity index (χ0) is 26.9. The molecule has 0 radical (unpaired) electrons. The number of alkyl halides is 3. The van der Waals surface area contributed by atoms with Gasteiger partial charge in [0.1, 0.15) is 5.69 Å². The van der Waals surface area contributed by atoms with Gasteiger partial charge in [-0.3, -0.25) is 14.3 Å². The molecule has 2 N–H and O–H groups in total. The monoisotopic (exact) mass is 529 g/mol. The van der Waals surface area contributed by atoms with E-state index >= 15 is 0 Å². The molecule has 4 aliphatic rings. The summed E-state index contributed by atoms with van der Waals surface area (Å²) < 4.78 is 42.9. The molecule has 3 aromatic rings. The summed E-state index contributed by atoms with van der Waals surface area (Å²) in [5, 5.41) is 14.4. The van der Waals surface area contributed by atoms with Gasteiger partial charge in [0.15, 0.2) is 5.65 Å². The second-order valence-corrected chi connectivity index (χ2v) is 11.6. The number of piperidine rings is 1. The van der Waals surface area contributed by atoms with Crippen LogP contribution in [0.25, 0.3) is 5.65 Å².